The summed E-state index contributed by atoms with van der Waals surface area (Å²) in [7, 11) is 0. The fourth-order valence-corrected chi connectivity index (χ4v) is 4.22. The summed E-state index contributed by atoms with van der Waals surface area (Å²) in [5, 5.41) is 9.14. The number of anilines is 1. The van der Waals surface area contributed by atoms with E-state index in [2.05, 4.69) is 9.88 Å². The summed E-state index contributed by atoms with van der Waals surface area (Å²) in [5.74, 6) is -0.299. The molecule has 7 heteroatoms. The van der Waals surface area contributed by atoms with Crippen LogP contribution >= 0.6 is 11.3 Å². The molecule has 1 amide bonds. The first-order chi connectivity index (χ1) is 12.5. The maximum absolute atomic E-state index is 12.1. The number of amides is 1. The fourth-order valence-electron chi connectivity index (χ4n) is 3.35. The van der Waals surface area contributed by atoms with E-state index in [0.717, 1.165) is 60.8 Å². The monoisotopic (exact) mass is 371 g/mol. The van der Waals surface area contributed by atoms with Crippen LogP contribution in [0.3, 0.4) is 0 Å². The zero-order valence-corrected chi connectivity index (χ0v) is 15.5. The van der Waals surface area contributed by atoms with Gasteiger partial charge in [0, 0.05) is 42.5 Å². The van der Waals surface area contributed by atoms with Crippen LogP contribution in [0.25, 0.3) is 11.3 Å². The van der Waals surface area contributed by atoms with E-state index >= 15 is 0 Å². The van der Waals surface area contributed by atoms with E-state index in [1.807, 2.05) is 30.2 Å². The SMILES string of the molecule is Cc1sc(C(=O)O)cc1-c1ccc(N2CCN(C(=O)C3CC3)CC2)cn1. The van der Waals surface area contributed by atoms with Crippen molar-refractivity contribution in [1.29, 1.82) is 0 Å². The van der Waals surface area contributed by atoms with Crippen LogP contribution in [-0.2, 0) is 4.79 Å². The second kappa shape index (κ2) is 6.72. The highest BCUT2D eigenvalue weighted by molar-refractivity contribution is 7.14. The first-order valence-corrected chi connectivity index (χ1v) is 9.68. The molecule has 1 aliphatic carbocycles. The number of carbonyl (C=O) groups excluding carboxylic acids is 1. The predicted octanol–water partition coefficient (Wildman–Crippen LogP) is 2.88. The van der Waals surface area contributed by atoms with Gasteiger partial charge in [0.2, 0.25) is 5.91 Å². The number of rotatable bonds is 4. The van der Waals surface area contributed by atoms with Gasteiger partial charge < -0.3 is 14.9 Å². The van der Waals surface area contributed by atoms with Gasteiger partial charge in [-0.2, -0.15) is 0 Å². The van der Waals surface area contributed by atoms with Crippen LogP contribution < -0.4 is 4.90 Å². The highest BCUT2D eigenvalue weighted by Gasteiger charge is 2.34. The number of carboxylic acid groups (broad SMARTS) is 1. The minimum Gasteiger partial charge on any atom is -0.477 e. The highest BCUT2D eigenvalue weighted by atomic mass is 32.1. The standard InChI is InChI=1S/C19H21N3O3S/c1-12-15(10-17(26-12)19(24)25)16-5-4-14(11-20-16)21-6-8-22(9-7-21)18(23)13-2-3-13/h4-5,10-11,13H,2-3,6-9H2,1H3,(H,24,25). The summed E-state index contributed by atoms with van der Waals surface area (Å²) >= 11 is 1.27. The van der Waals surface area contributed by atoms with E-state index in [4.69, 9.17) is 5.11 Å². The molecule has 0 aromatic carbocycles. The smallest absolute Gasteiger partial charge is 0.345 e. The van der Waals surface area contributed by atoms with E-state index in [-0.39, 0.29) is 5.92 Å². The topological polar surface area (TPSA) is 73.7 Å². The zero-order valence-electron chi connectivity index (χ0n) is 14.6. The Kier molecular flexibility index (Phi) is 4.40. The lowest BCUT2D eigenvalue weighted by Crippen LogP contribution is -2.49. The molecule has 0 bridgehead atoms. The van der Waals surface area contributed by atoms with Crippen LogP contribution in [0.1, 0.15) is 27.4 Å². The molecule has 2 aromatic heterocycles. The number of carboxylic acids is 1. The number of nitrogens with zero attached hydrogens (tertiary/aromatic N) is 3. The van der Waals surface area contributed by atoms with Crippen molar-refractivity contribution in [2.75, 3.05) is 31.1 Å². The molecule has 2 aliphatic rings. The first kappa shape index (κ1) is 17.0. The molecule has 0 spiro atoms. The van der Waals surface area contributed by atoms with E-state index in [9.17, 15) is 9.59 Å². The van der Waals surface area contributed by atoms with Gasteiger partial charge in [-0.3, -0.25) is 9.78 Å². The third-order valence-electron chi connectivity index (χ3n) is 5.04. The van der Waals surface area contributed by atoms with Gasteiger partial charge in [0.25, 0.3) is 0 Å². The Hall–Kier alpha value is -2.41. The Labute approximate surface area is 156 Å². The number of thiophene rings is 1. The number of aryl methyl sites for hydroxylation is 1. The van der Waals surface area contributed by atoms with Gasteiger partial charge in [0.1, 0.15) is 4.88 Å². The van der Waals surface area contributed by atoms with E-state index in [1.165, 1.54) is 11.3 Å². The number of piperazine rings is 1. The first-order valence-electron chi connectivity index (χ1n) is 8.87. The van der Waals surface area contributed by atoms with E-state index < -0.39 is 5.97 Å². The predicted molar refractivity (Wildman–Crippen MR) is 101 cm³/mol. The van der Waals surface area contributed by atoms with Gasteiger partial charge in [0.05, 0.1) is 17.6 Å². The van der Waals surface area contributed by atoms with Crippen molar-refractivity contribution >= 4 is 28.9 Å². The summed E-state index contributed by atoms with van der Waals surface area (Å²) in [6.07, 6.45) is 3.94. The van der Waals surface area contributed by atoms with Gasteiger partial charge in [-0.25, -0.2) is 4.79 Å². The summed E-state index contributed by atoms with van der Waals surface area (Å²) < 4.78 is 0. The molecule has 0 atom stereocenters. The van der Waals surface area contributed by atoms with Crippen LogP contribution in [0.5, 0.6) is 0 Å². The molecule has 1 N–H and O–H groups in total. The van der Waals surface area contributed by atoms with Gasteiger partial charge in [-0.1, -0.05) is 0 Å². The summed E-state index contributed by atoms with van der Waals surface area (Å²) in [6.45, 7) is 5.09. The maximum atomic E-state index is 12.1. The number of aromatic nitrogens is 1. The average molecular weight is 371 g/mol. The minimum absolute atomic E-state index is 0.284. The van der Waals surface area contributed by atoms with Crippen LogP contribution in [0.15, 0.2) is 24.4 Å². The molecule has 0 radical (unpaired) electrons. The van der Waals surface area contributed by atoms with E-state index in [1.54, 1.807) is 6.07 Å². The second-order valence-corrected chi connectivity index (χ2v) is 8.13. The Balaban J connectivity index is 1.43. The van der Waals surface area contributed by atoms with Gasteiger partial charge in [-0.15, -0.1) is 11.3 Å². The lowest BCUT2D eigenvalue weighted by Gasteiger charge is -2.36. The number of aromatic carboxylic acids is 1. The van der Waals surface area contributed by atoms with Crippen molar-refractivity contribution in [2.24, 2.45) is 5.92 Å². The molecule has 1 saturated carbocycles. The molecular formula is C19H21N3O3S. The molecule has 3 heterocycles. The normalized spacial score (nSPS) is 17.4. The van der Waals surface area contributed by atoms with Crippen LogP contribution in [-0.4, -0.2) is 53.0 Å². The highest BCUT2D eigenvalue weighted by Crippen LogP contribution is 2.32. The molecule has 2 aromatic rings. The Bertz CT molecular complexity index is 834. The van der Waals surface area contributed by atoms with Crippen molar-refractivity contribution in [2.45, 2.75) is 19.8 Å². The third kappa shape index (κ3) is 3.31. The quantitative estimate of drug-likeness (QED) is 0.895. The zero-order chi connectivity index (χ0) is 18.3. The van der Waals surface area contributed by atoms with Crippen molar-refractivity contribution in [1.82, 2.24) is 9.88 Å². The maximum Gasteiger partial charge on any atom is 0.345 e. The number of pyridine rings is 1. The summed E-state index contributed by atoms with van der Waals surface area (Å²) in [6, 6.07) is 5.66. The molecule has 4 rings (SSSR count). The molecule has 136 valence electrons. The molecule has 1 saturated heterocycles. The van der Waals surface area contributed by atoms with Gasteiger partial charge in [0.15, 0.2) is 0 Å². The number of hydrogen-bond donors (Lipinski definition) is 1. The summed E-state index contributed by atoms with van der Waals surface area (Å²) in [4.78, 5) is 33.3. The van der Waals surface area contributed by atoms with Crippen molar-refractivity contribution in [3.8, 4) is 11.3 Å². The van der Waals surface area contributed by atoms with Crippen molar-refractivity contribution in [3.63, 3.8) is 0 Å². The Morgan fingerprint density at radius 3 is 2.46 bits per heavy atom. The second-order valence-electron chi connectivity index (χ2n) is 6.87. The van der Waals surface area contributed by atoms with Crippen molar-refractivity contribution < 1.29 is 14.7 Å². The lowest BCUT2D eigenvalue weighted by molar-refractivity contribution is -0.132. The number of hydrogen-bond acceptors (Lipinski definition) is 5. The molecule has 26 heavy (non-hydrogen) atoms. The minimum atomic E-state index is -0.903. The van der Waals surface area contributed by atoms with Gasteiger partial charge >= 0.3 is 5.97 Å². The Morgan fingerprint density at radius 1 is 1.19 bits per heavy atom. The number of carbonyl (C=O) groups is 2. The average Bonchev–Trinajstić information content (AvgIpc) is 3.43. The molecule has 6 nitrogen and oxygen atoms in total. The third-order valence-corrected chi connectivity index (χ3v) is 6.07. The van der Waals surface area contributed by atoms with E-state index in [0.29, 0.717) is 10.8 Å². The van der Waals surface area contributed by atoms with Gasteiger partial charge in [-0.05, 0) is 38.0 Å². The van der Waals surface area contributed by atoms with Crippen molar-refractivity contribution in [3.05, 3.63) is 34.2 Å². The van der Waals surface area contributed by atoms with Crippen LogP contribution in [0, 0.1) is 12.8 Å². The van der Waals surface area contributed by atoms with Crippen LogP contribution in [0.2, 0.25) is 0 Å². The Morgan fingerprint density at radius 2 is 1.92 bits per heavy atom. The summed E-state index contributed by atoms with van der Waals surface area (Å²) in [5.41, 5.74) is 2.70. The lowest BCUT2D eigenvalue weighted by atomic mass is 10.1. The molecule has 2 fully saturated rings. The molecular weight excluding hydrogens is 350 g/mol. The fraction of sp³-hybridized carbons (Fsp3) is 0.421. The van der Waals surface area contributed by atoms with Crippen LogP contribution in [0.4, 0.5) is 5.69 Å². The largest absolute Gasteiger partial charge is 0.477 e. The molecule has 1 aliphatic heterocycles. The molecule has 0 unspecified atom stereocenters.